The van der Waals surface area contributed by atoms with E-state index in [-0.39, 0.29) is 61.2 Å². The van der Waals surface area contributed by atoms with Crippen LogP contribution in [0.3, 0.4) is 0 Å². The van der Waals surface area contributed by atoms with E-state index in [0.717, 1.165) is 17.2 Å². The van der Waals surface area contributed by atoms with Crippen molar-refractivity contribution < 1.29 is 33.4 Å². The van der Waals surface area contributed by atoms with Crippen LogP contribution in [-0.4, -0.2) is 104 Å². The average Bonchev–Trinajstić information content (AvgIpc) is 4.11. The van der Waals surface area contributed by atoms with Crippen LogP contribution >= 0.6 is 23.2 Å². The monoisotopic (exact) mass is 1050 g/mol. The molecule has 1 N–H and O–H groups in total. The summed E-state index contributed by atoms with van der Waals surface area (Å²) in [7, 11) is 0. The van der Waals surface area contributed by atoms with Crippen molar-refractivity contribution >= 4 is 81.1 Å². The third-order valence-corrected chi connectivity index (χ3v) is 13.7. The fraction of sp³-hybridized carbons (Fsp3) is 0.231. The summed E-state index contributed by atoms with van der Waals surface area (Å²) in [5.74, 6) is -0.773. The van der Waals surface area contributed by atoms with Crippen LogP contribution in [0.15, 0.2) is 134 Å². The standard InChI is InChI=1S/C26H21ClN6O4.C20H19ClN4O4.C6H3FN2/c1-28-20-6-11-23(29-14-20)30-13-12-26(17-30)25(35)31(21-7-9-22(10-8-21)33(36)37)16-24(34)32(26)15-18-2-4-19(27)5-3-18;21-15-3-1-14(2-4-15)11-24-18(26)12-23(19(27)20(24)9-10-22-13-20)16-5-7-17(8-6-16)25(28)29;7-6-2-1-5(3-8)4-9-6/h2-11,14H,12-13,15-17H2;1-8,22H,9-13H2;1-2,4H. The molecule has 4 saturated heterocycles. The van der Waals surface area contributed by atoms with E-state index >= 15 is 0 Å². The van der Waals surface area contributed by atoms with E-state index in [1.165, 1.54) is 76.8 Å². The fourth-order valence-electron chi connectivity index (χ4n) is 9.29. The number of nitro groups is 2. The number of anilines is 3. The van der Waals surface area contributed by atoms with Crippen LogP contribution in [0.1, 0.15) is 29.5 Å². The number of hydrogen-bond donors (Lipinski definition) is 1. The number of halogens is 3. The van der Waals surface area contributed by atoms with Crippen LogP contribution < -0.4 is 20.0 Å². The molecule has 0 radical (unpaired) electrons. The molecule has 2 spiro atoms. The third-order valence-electron chi connectivity index (χ3n) is 13.2. The lowest BCUT2D eigenvalue weighted by Gasteiger charge is -2.47. The summed E-state index contributed by atoms with van der Waals surface area (Å²) in [6.45, 7) is 9.11. The molecule has 20 nitrogen and oxygen atoms in total. The first kappa shape index (κ1) is 52.4. The zero-order valence-corrected chi connectivity index (χ0v) is 41.1. The van der Waals surface area contributed by atoms with Crippen molar-refractivity contribution in [2.24, 2.45) is 0 Å². The van der Waals surface area contributed by atoms with Crippen molar-refractivity contribution in [3.8, 4) is 6.07 Å². The van der Waals surface area contributed by atoms with Crippen molar-refractivity contribution in [2.75, 3.05) is 54.0 Å². The molecular formula is C52H43Cl2FN12O8. The fourth-order valence-corrected chi connectivity index (χ4v) is 9.55. The number of pyridine rings is 2. The van der Waals surface area contributed by atoms with Gasteiger partial charge in [-0.1, -0.05) is 53.5 Å². The molecule has 4 aromatic carbocycles. The molecule has 0 aliphatic carbocycles. The maximum Gasteiger partial charge on any atom is 0.269 e. The van der Waals surface area contributed by atoms with Gasteiger partial charge in [-0.2, -0.15) is 9.65 Å². The smallest absolute Gasteiger partial charge is 0.269 e. The number of aromatic nitrogens is 2. The summed E-state index contributed by atoms with van der Waals surface area (Å²) in [4.78, 5) is 94.4. The van der Waals surface area contributed by atoms with Crippen LogP contribution in [0, 0.1) is 44.1 Å². The Bertz CT molecular complexity index is 3210. The van der Waals surface area contributed by atoms with Gasteiger partial charge in [0.1, 0.15) is 36.1 Å². The number of rotatable bonds is 9. The van der Waals surface area contributed by atoms with Crippen LogP contribution in [-0.2, 0) is 32.3 Å². The second-order valence-corrected chi connectivity index (χ2v) is 18.5. The van der Waals surface area contributed by atoms with Gasteiger partial charge in [0.25, 0.3) is 23.2 Å². The molecule has 0 saturated carbocycles. The van der Waals surface area contributed by atoms with Crippen LogP contribution in [0.2, 0.25) is 10.0 Å². The number of nitriles is 1. The highest BCUT2D eigenvalue weighted by Crippen LogP contribution is 2.39. The Morgan fingerprint density at radius 3 is 1.64 bits per heavy atom. The average molecular weight is 1050 g/mol. The Morgan fingerprint density at radius 1 is 0.693 bits per heavy atom. The highest BCUT2D eigenvalue weighted by atomic mass is 35.5. The summed E-state index contributed by atoms with van der Waals surface area (Å²) >= 11 is 12.0. The lowest BCUT2D eigenvalue weighted by atomic mass is 9.90. The number of carbonyl (C=O) groups excluding carboxylic acids is 4. The Balaban J connectivity index is 0.000000174. The summed E-state index contributed by atoms with van der Waals surface area (Å²) in [5, 5.41) is 34.6. The van der Waals surface area contributed by atoms with Gasteiger partial charge in [-0.05, 0) is 97.2 Å². The second-order valence-electron chi connectivity index (χ2n) is 17.7. The molecule has 75 heavy (non-hydrogen) atoms. The molecule has 4 aliphatic rings. The number of carbonyl (C=O) groups is 4. The Kier molecular flexibility index (Phi) is 15.7. The number of hydrogen-bond acceptors (Lipinski definition) is 13. The van der Waals surface area contributed by atoms with Crippen molar-refractivity contribution in [3.05, 3.63) is 198 Å². The van der Waals surface area contributed by atoms with Crippen LogP contribution in [0.5, 0.6) is 0 Å². The van der Waals surface area contributed by atoms with E-state index in [2.05, 4.69) is 20.1 Å². The minimum atomic E-state index is -1.17. The molecule has 10 rings (SSSR count). The summed E-state index contributed by atoms with van der Waals surface area (Å²) < 4.78 is 12.0. The predicted octanol–water partition coefficient (Wildman–Crippen LogP) is 7.67. The largest absolute Gasteiger partial charge is 0.354 e. The predicted molar refractivity (Wildman–Crippen MR) is 274 cm³/mol. The number of nitro benzene ring substituents is 2. The number of amides is 4. The van der Waals surface area contributed by atoms with Gasteiger partial charge in [0, 0.05) is 84.3 Å². The molecule has 2 unspecified atom stereocenters. The Hall–Kier alpha value is -8.89. The van der Waals surface area contributed by atoms with Crippen molar-refractivity contribution in [1.29, 1.82) is 5.26 Å². The maximum atomic E-state index is 14.1. The van der Waals surface area contributed by atoms with E-state index in [1.807, 2.05) is 35.2 Å². The lowest BCUT2D eigenvalue weighted by Crippen LogP contribution is -2.69. The van der Waals surface area contributed by atoms with Crippen LogP contribution in [0.4, 0.5) is 38.6 Å². The Labute approximate surface area is 438 Å². The summed E-state index contributed by atoms with van der Waals surface area (Å²) in [6.07, 6.45) is 3.56. The lowest BCUT2D eigenvalue weighted by molar-refractivity contribution is -0.385. The molecule has 4 amide bonds. The molecule has 23 heteroatoms. The van der Waals surface area contributed by atoms with Crippen molar-refractivity contribution in [1.82, 2.24) is 25.1 Å². The highest BCUT2D eigenvalue weighted by molar-refractivity contribution is 6.30. The van der Waals surface area contributed by atoms with Crippen molar-refractivity contribution in [2.45, 2.75) is 37.0 Å². The van der Waals surface area contributed by atoms with Gasteiger partial charge >= 0.3 is 0 Å². The van der Waals surface area contributed by atoms with E-state index < -0.39 is 26.9 Å². The Morgan fingerprint density at radius 2 is 1.21 bits per heavy atom. The molecule has 6 heterocycles. The van der Waals surface area contributed by atoms with Gasteiger partial charge in [-0.25, -0.2) is 9.83 Å². The topological polar surface area (TPSA) is 237 Å². The van der Waals surface area contributed by atoms with Gasteiger partial charge in [-0.3, -0.25) is 44.4 Å². The highest BCUT2D eigenvalue weighted by Gasteiger charge is 2.57. The normalized spacial score (nSPS) is 19.0. The third kappa shape index (κ3) is 11.4. The molecular weight excluding hydrogens is 1010 g/mol. The van der Waals surface area contributed by atoms with Crippen LogP contribution in [0.25, 0.3) is 4.85 Å². The van der Waals surface area contributed by atoms with Gasteiger partial charge in [-0.15, -0.1) is 0 Å². The minimum Gasteiger partial charge on any atom is -0.354 e. The summed E-state index contributed by atoms with van der Waals surface area (Å²) in [5.41, 5.74) is 1.11. The first-order valence-corrected chi connectivity index (χ1v) is 23.8. The van der Waals surface area contributed by atoms with E-state index in [9.17, 15) is 43.8 Å². The zero-order chi connectivity index (χ0) is 53.4. The van der Waals surface area contributed by atoms with E-state index in [1.54, 1.807) is 46.2 Å². The first-order valence-electron chi connectivity index (χ1n) is 23.1. The number of benzene rings is 4. The molecule has 6 aromatic rings. The van der Waals surface area contributed by atoms with E-state index in [4.69, 9.17) is 35.0 Å². The number of piperazine rings is 2. The van der Waals surface area contributed by atoms with Gasteiger partial charge in [0.15, 0.2) is 0 Å². The zero-order valence-electron chi connectivity index (χ0n) is 39.6. The molecule has 4 aliphatic heterocycles. The molecule has 2 atom stereocenters. The molecule has 2 aromatic heterocycles. The number of non-ortho nitro benzene ring substituents is 2. The quantitative estimate of drug-likeness (QED) is 0.0634. The van der Waals surface area contributed by atoms with Gasteiger partial charge < -0.3 is 29.8 Å². The number of nitrogens with one attached hydrogen (secondary N) is 1. The second kappa shape index (κ2) is 22.5. The summed E-state index contributed by atoms with van der Waals surface area (Å²) in [6, 6.07) is 33.4. The van der Waals surface area contributed by atoms with Gasteiger partial charge in [0.2, 0.25) is 23.4 Å². The SMILES string of the molecule is N#Cc1ccc(F)nc1.O=C1CN(c2ccc([N+](=O)[O-])cc2)C(=O)C2(CCNC2)N1Cc1ccc(Cl)cc1.[C-]#[N+]c1ccc(N2CCC3(C2)C(=O)N(c2ccc([N+](=O)[O-])cc2)CC(=O)N3Cc2ccc(Cl)cc2)nc1. The maximum absolute atomic E-state index is 14.1. The number of nitrogens with zero attached hydrogens (tertiary/aromatic N) is 11. The molecule has 0 bridgehead atoms. The van der Waals surface area contributed by atoms with Gasteiger partial charge in [0.05, 0.1) is 28.5 Å². The minimum absolute atomic E-state index is 0.0638. The molecule has 4 fully saturated rings. The molecule has 380 valence electrons. The van der Waals surface area contributed by atoms with Crippen molar-refractivity contribution in [3.63, 3.8) is 0 Å². The van der Waals surface area contributed by atoms with E-state index in [0.29, 0.717) is 77.5 Å². The first-order chi connectivity index (χ1) is 36.0.